The molecule has 0 spiro atoms. The quantitative estimate of drug-likeness (QED) is 0.848. The molecule has 1 rings (SSSR count). The van der Waals surface area contributed by atoms with Gasteiger partial charge in [-0.05, 0) is 23.1 Å². The fraction of sp³-hybridized carbons (Fsp3) is 0.364. The Labute approximate surface area is 101 Å². The van der Waals surface area contributed by atoms with Crippen LogP contribution in [0.25, 0.3) is 0 Å². The minimum Gasteiger partial charge on any atom is -0.464 e. The molecule has 1 aromatic rings. The summed E-state index contributed by atoms with van der Waals surface area (Å²) < 4.78 is 24.5. The molecule has 0 saturated heterocycles. The molecular weight excluding hydrogens is 242 g/mol. The Bertz CT molecular complexity index is 511. The zero-order valence-corrected chi connectivity index (χ0v) is 10.7. The molecule has 0 aromatic heterocycles. The van der Waals surface area contributed by atoms with E-state index < -0.39 is 16.1 Å². The Hall–Kier alpha value is -1.56. The molecule has 0 bridgehead atoms. The smallest absolute Gasteiger partial charge is 0.418 e. The summed E-state index contributed by atoms with van der Waals surface area (Å²) in [6, 6.07) is 6.14. The van der Waals surface area contributed by atoms with Crippen LogP contribution < -0.4 is 4.72 Å². The predicted octanol–water partition coefficient (Wildman–Crippen LogP) is 1.94. The van der Waals surface area contributed by atoms with E-state index in [0.29, 0.717) is 0 Å². The number of carbonyl (C=O) groups is 1. The normalized spacial score (nSPS) is 12.2. The average molecular weight is 257 g/mol. The van der Waals surface area contributed by atoms with Crippen molar-refractivity contribution in [2.75, 3.05) is 0 Å². The van der Waals surface area contributed by atoms with Crippen LogP contribution in [0.4, 0.5) is 4.79 Å². The maximum absolute atomic E-state index is 11.5. The highest BCUT2D eigenvalue weighted by molar-refractivity contribution is 7.90. The molecule has 0 aliphatic heterocycles. The van der Waals surface area contributed by atoms with Crippen molar-refractivity contribution in [1.29, 1.82) is 0 Å². The van der Waals surface area contributed by atoms with Crippen molar-refractivity contribution >= 4 is 16.1 Å². The highest BCUT2D eigenvalue weighted by Gasteiger charge is 2.18. The van der Waals surface area contributed by atoms with Crippen LogP contribution in [0.3, 0.4) is 0 Å². The molecule has 0 unspecified atom stereocenters. The van der Waals surface area contributed by atoms with Crippen molar-refractivity contribution in [1.82, 2.24) is 4.72 Å². The fourth-order valence-electron chi connectivity index (χ4n) is 1.31. The minimum atomic E-state index is -3.97. The number of carboxylic acid groups (broad SMARTS) is 1. The number of nitrogens with one attached hydrogen (secondary N) is 1. The van der Waals surface area contributed by atoms with E-state index >= 15 is 0 Å². The molecule has 1 aromatic carbocycles. The van der Waals surface area contributed by atoms with Gasteiger partial charge in [0.15, 0.2) is 0 Å². The number of sulfonamides is 1. The third kappa shape index (κ3) is 3.45. The third-order valence-electron chi connectivity index (χ3n) is 2.25. The first-order chi connectivity index (χ1) is 7.63. The number of rotatable bonds is 2. The third-order valence-corrected chi connectivity index (χ3v) is 3.59. The van der Waals surface area contributed by atoms with Crippen LogP contribution in [0.15, 0.2) is 29.2 Å². The molecule has 0 atom stereocenters. The van der Waals surface area contributed by atoms with Crippen LogP contribution in [-0.4, -0.2) is 19.6 Å². The van der Waals surface area contributed by atoms with Gasteiger partial charge in [0, 0.05) is 0 Å². The first-order valence-corrected chi connectivity index (χ1v) is 6.47. The lowest BCUT2D eigenvalue weighted by atomic mass is 9.87. The molecule has 17 heavy (non-hydrogen) atoms. The molecule has 0 saturated carbocycles. The Morgan fingerprint density at radius 2 is 1.65 bits per heavy atom. The molecule has 0 heterocycles. The second-order valence-corrected chi connectivity index (χ2v) is 6.37. The summed E-state index contributed by atoms with van der Waals surface area (Å²) in [6.45, 7) is 6.02. The summed E-state index contributed by atoms with van der Waals surface area (Å²) in [6.07, 6.45) is -1.59. The van der Waals surface area contributed by atoms with Crippen LogP contribution in [0.1, 0.15) is 26.3 Å². The zero-order chi connectivity index (χ0) is 13.3. The van der Waals surface area contributed by atoms with Crippen molar-refractivity contribution in [3.8, 4) is 0 Å². The average Bonchev–Trinajstić information content (AvgIpc) is 2.14. The SMILES string of the molecule is CC(C)(C)c1ccc(S(=O)(=O)NC(=O)O)cc1. The molecule has 0 aliphatic rings. The molecule has 5 nitrogen and oxygen atoms in total. The van der Waals surface area contributed by atoms with Crippen molar-refractivity contribution < 1.29 is 18.3 Å². The Morgan fingerprint density at radius 3 is 2.00 bits per heavy atom. The molecule has 94 valence electrons. The van der Waals surface area contributed by atoms with Crippen molar-refractivity contribution in [2.24, 2.45) is 0 Å². The Kier molecular flexibility index (Phi) is 3.47. The standard InChI is InChI=1S/C11H15NO4S/c1-11(2,3)8-4-6-9(7-5-8)17(15,16)12-10(13)14/h4-7,12H,1-3H3,(H,13,14). The first-order valence-electron chi connectivity index (χ1n) is 4.99. The lowest BCUT2D eigenvalue weighted by Gasteiger charge is -2.19. The van der Waals surface area contributed by atoms with Gasteiger partial charge < -0.3 is 5.11 Å². The van der Waals surface area contributed by atoms with Crippen molar-refractivity contribution in [3.63, 3.8) is 0 Å². The van der Waals surface area contributed by atoms with E-state index in [9.17, 15) is 13.2 Å². The van der Waals surface area contributed by atoms with Gasteiger partial charge in [-0.25, -0.2) is 17.9 Å². The fourth-order valence-corrected chi connectivity index (χ4v) is 2.15. The van der Waals surface area contributed by atoms with Crippen LogP contribution in [0, 0.1) is 0 Å². The lowest BCUT2D eigenvalue weighted by Crippen LogP contribution is -2.28. The van der Waals surface area contributed by atoms with Crippen LogP contribution in [0.5, 0.6) is 0 Å². The van der Waals surface area contributed by atoms with E-state index in [1.807, 2.05) is 20.8 Å². The van der Waals surface area contributed by atoms with Gasteiger partial charge in [-0.3, -0.25) is 0 Å². The van der Waals surface area contributed by atoms with Gasteiger partial charge >= 0.3 is 6.09 Å². The molecule has 1 amide bonds. The maximum Gasteiger partial charge on any atom is 0.418 e. The second kappa shape index (κ2) is 4.37. The van der Waals surface area contributed by atoms with E-state index in [1.54, 1.807) is 12.1 Å². The van der Waals surface area contributed by atoms with Crippen molar-refractivity contribution in [2.45, 2.75) is 31.1 Å². The van der Waals surface area contributed by atoms with E-state index in [0.717, 1.165) is 5.56 Å². The number of hydrogen-bond donors (Lipinski definition) is 2. The van der Waals surface area contributed by atoms with E-state index in [-0.39, 0.29) is 10.3 Å². The van der Waals surface area contributed by atoms with Gasteiger partial charge in [-0.15, -0.1) is 0 Å². The number of hydrogen-bond acceptors (Lipinski definition) is 3. The first kappa shape index (κ1) is 13.5. The number of amides is 1. The number of benzene rings is 1. The van der Waals surface area contributed by atoms with E-state index in [2.05, 4.69) is 0 Å². The van der Waals surface area contributed by atoms with Gasteiger partial charge in [0.05, 0.1) is 4.90 Å². The monoisotopic (exact) mass is 257 g/mol. The summed E-state index contributed by atoms with van der Waals surface area (Å²) in [4.78, 5) is 10.3. The molecular formula is C11H15NO4S. The molecule has 0 aliphatic carbocycles. The molecule has 6 heteroatoms. The minimum absolute atomic E-state index is 0.0621. The lowest BCUT2D eigenvalue weighted by molar-refractivity contribution is 0.201. The maximum atomic E-state index is 11.5. The van der Waals surface area contributed by atoms with Gasteiger partial charge in [-0.2, -0.15) is 0 Å². The van der Waals surface area contributed by atoms with Crippen molar-refractivity contribution in [3.05, 3.63) is 29.8 Å². The predicted molar refractivity (Wildman–Crippen MR) is 63.5 cm³/mol. The summed E-state index contributed by atoms with van der Waals surface area (Å²) >= 11 is 0. The van der Waals surface area contributed by atoms with Gasteiger partial charge in [0.2, 0.25) is 0 Å². The summed E-state index contributed by atoms with van der Waals surface area (Å²) in [5.41, 5.74) is 0.898. The van der Waals surface area contributed by atoms with Crippen LogP contribution >= 0.6 is 0 Å². The molecule has 0 fully saturated rings. The molecule has 0 radical (unpaired) electrons. The zero-order valence-electron chi connectivity index (χ0n) is 9.89. The largest absolute Gasteiger partial charge is 0.464 e. The van der Waals surface area contributed by atoms with E-state index in [4.69, 9.17) is 5.11 Å². The summed E-state index contributed by atoms with van der Waals surface area (Å²) in [5.74, 6) is 0. The topological polar surface area (TPSA) is 83.5 Å². The summed E-state index contributed by atoms with van der Waals surface area (Å²) in [7, 11) is -3.97. The van der Waals surface area contributed by atoms with E-state index in [1.165, 1.54) is 16.9 Å². The van der Waals surface area contributed by atoms with Gasteiger partial charge in [0.25, 0.3) is 10.0 Å². The Balaban J connectivity index is 3.08. The van der Waals surface area contributed by atoms with Gasteiger partial charge in [-0.1, -0.05) is 32.9 Å². The highest BCUT2D eigenvalue weighted by Crippen LogP contribution is 2.23. The Morgan fingerprint density at radius 1 is 1.18 bits per heavy atom. The van der Waals surface area contributed by atoms with Crippen LogP contribution in [0.2, 0.25) is 0 Å². The highest BCUT2D eigenvalue weighted by atomic mass is 32.2. The van der Waals surface area contributed by atoms with Crippen LogP contribution in [-0.2, 0) is 15.4 Å². The summed E-state index contributed by atoms with van der Waals surface area (Å²) in [5, 5.41) is 8.40. The second-order valence-electron chi connectivity index (χ2n) is 4.69. The van der Waals surface area contributed by atoms with Gasteiger partial charge in [0.1, 0.15) is 0 Å². The molecule has 2 N–H and O–H groups in total.